The van der Waals surface area contributed by atoms with Crippen LogP contribution in [0.2, 0.25) is 0 Å². The summed E-state index contributed by atoms with van der Waals surface area (Å²) in [4.78, 5) is 53.6. The van der Waals surface area contributed by atoms with Gasteiger partial charge in [0.25, 0.3) is 0 Å². The van der Waals surface area contributed by atoms with E-state index >= 15 is 0 Å². The van der Waals surface area contributed by atoms with Crippen LogP contribution in [-0.4, -0.2) is 102 Å². The second-order valence-electron chi connectivity index (χ2n) is 12.0. The van der Waals surface area contributed by atoms with Gasteiger partial charge in [-0.2, -0.15) is 0 Å². The van der Waals surface area contributed by atoms with E-state index in [4.69, 9.17) is 9.84 Å². The summed E-state index contributed by atoms with van der Waals surface area (Å²) in [6, 6.07) is 8.30. The first-order chi connectivity index (χ1) is 20.6. The lowest BCUT2D eigenvalue weighted by molar-refractivity contribution is -0.169. The molecule has 2 unspecified atom stereocenters. The summed E-state index contributed by atoms with van der Waals surface area (Å²) in [6.45, 7) is 2.42. The van der Waals surface area contributed by atoms with E-state index in [-0.39, 0.29) is 34.9 Å². The third kappa shape index (κ3) is 7.16. The number of rotatable bonds is 11. The van der Waals surface area contributed by atoms with Crippen molar-refractivity contribution in [3.8, 4) is 5.75 Å². The molecule has 0 aliphatic carbocycles. The van der Waals surface area contributed by atoms with E-state index in [1.807, 2.05) is 7.05 Å². The largest absolute Gasteiger partial charge is 0.481 e. The fourth-order valence-electron chi connectivity index (χ4n) is 6.29. The summed E-state index contributed by atoms with van der Waals surface area (Å²) >= 11 is 0. The number of ether oxygens (including phenoxy) is 1. The molecule has 1 saturated heterocycles. The number of carbonyl (C=O) groups is 4. The Morgan fingerprint density at radius 1 is 1.05 bits per heavy atom. The summed E-state index contributed by atoms with van der Waals surface area (Å²) in [6.07, 6.45) is -0.864. The van der Waals surface area contributed by atoms with Crippen LogP contribution in [0.4, 0.5) is 14.5 Å². The molecule has 0 aromatic heterocycles. The minimum Gasteiger partial charge on any atom is -0.481 e. The van der Waals surface area contributed by atoms with Crippen molar-refractivity contribution in [3.63, 3.8) is 0 Å². The van der Waals surface area contributed by atoms with Crippen molar-refractivity contribution in [1.29, 1.82) is 0 Å². The molecular weight excluding hydrogens is 580 g/mol. The lowest BCUT2D eigenvalue weighted by atomic mass is 9.74. The molecule has 1 spiro atoms. The Kier molecular flexibility index (Phi) is 9.59. The van der Waals surface area contributed by atoms with Gasteiger partial charge in [-0.1, -0.05) is 0 Å². The van der Waals surface area contributed by atoms with Crippen LogP contribution in [0.1, 0.15) is 36.8 Å². The predicted molar refractivity (Wildman–Crippen MR) is 154 cm³/mol. The van der Waals surface area contributed by atoms with Crippen LogP contribution in [0.25, 0.3) is 0 Å². The standard InChI is InChI=1S/C31H37F2N3O8/c1-34(2)28(40)20(17-36-10-8-30(9-11-36)18-35(3)25-7-4-21(32)14-23(25)30)12-19-13-22(5-6-24(19)33)44-27(39)16-31(43,29(41)42)15-26(37)38/h4-7,13-14,20,43H,8-12,15-18H2,1-3H3,(H,37,38)(H,41,42). The number of aliphatic carboxylic acids is 2. The Morgan fingerprint density at radius 2 is 1.73 bits per heavy atom. The maximum atomic E-state index is 14.9. The zero-order chi connectivity index (χ0) is 32.4. The van der Waals surface area contributed by atoms with Crippen molar-refractivity contribution >= 4 is 29.5 Å². The number of anilines is 1. The number of likely N-dealkylation sites (N-methyl/N-ethyl adjacent to an activating group) is 1. The van der Waals surface area contributed by atoms with Gasteiger partial charge in [-0.05, 0) is 79.9 Å². The summed E-state index contributed by atoms with van der Waals surface area (Å²) < 4.78 is 34.2. The van der Waals surface area contributed by atoms with Crippen molar-refractivity contribution in [2.75, 3.05) is 52.2 Å². The number of hydrogen-bond acceptors (Lipinski definition) is 8. The average molecular weight is 618 g/mol. The number of fused-ring (bicyclic) bond motifs is 2. The first-order valence-electron chi connectivity index (χ1n) is 14.2. The first-order valence-corrected chi connectivity index (χ1v) is 14.2. The third-order valence-electron chi connectivity index (χ3n) is 8.56. The van der Waals surface area contributed by atoms with E-state index in [1.165, 1.54) is 17.0 Å². The summed E-state index contributed by atoms with van der Waals surface area (Å²) in [5.74, 6) is -6.69. The van der Waals surface area contributed by atoms with E-state index in [9.17, 15) is 38.2 Å². The van der Waals surface area contributed by atoms with Gasteiger partial charge in [0, 0.05) is 45.3 Å². The van der Waals surface area contributed by atoms with Gasteiger partial charge >= 0.3 is 17.9 Å². The van der Waals surface area contributed by atoms with E-state index < -0.39 is 48.1 Å². The summed E-state index contributed by atoms with van der Waals surface area (Å²) in [5.41, 5.74) is -0.966. The first kappa shape index (κ1) is 32.8. The highest BCUT2D eigenvalue weighted by Crippen LogP contribution is 2.46. The highest BCUT2D eigenvalue weighted by molar-refractivity contribution is 5.89. The van der Waals surface area contributed by atoms with E-state index in [0.717, 1.165) is 42.8 Å². The number of halogens is 2. The van der Waals surface area contributed by atoms with Gasteiger partial charge < -0.3 is 34.8 Å². The molecule has 2 aliphatic rings. The van der Waals surface area contributed by atoms with E-state index in [2.05, 4.69) is 9.80 Å². The minimum atomic E-state index is -2.88. The van der Waals surface area contributed by atoms with Crippen LogP contribution < -0.4 is 9.64 Å². The van der Waals surface area contributed by atoms with Crippen molar-refractivity contribution in [2.45, 2.75) is 43.1 Å². The second-order valence-corrected chi connectivity index (χ2v) is 12.0. The number of amides is 1. The van der Waals surface area contributed by atoms with Crippen LogP contribution in [-0.2, 0) is 31.0 Å². The zero-order valence-corrected chi connectivity index (χ0v) is 24.9. The number of benzene rings is 2. The number of piperidine rings is 1. The number of carboxylic acids is 2. The molecule has 0 bridgehead atoms. The van der Waals surface area contributed by atoms with Crippen molar-refractivity contribution < 1.29 is 48.0 Å². The van der Waals surface area contributed by atoms with Gasteiger partial charge in [-0.15, -0.1) is 0 Å². The number of nitrogens with zero attached hydrogens (tertiary/aromatic N) is 3. The Morgan fingerprint density at radius 3 is 2.34 bits per heavy atom. The molecule has 238 valence electrons. The number of aliphatic hydroxyl groups is 1. The number of likely N-dealkylation sites (tertiary alicyclic amines) is 1. The van der Waals surface area contributed by atoms with Crippen molar-refractivity contribution in [3.05, 3.63) is 59.2 Å². The van der Waals surface area contributed by atoms with Gasteiger partial charge in [-0.3, -0.25) is 14.4 Å². The number of carboxylic acid groups (broad SMARTS) is 2. The zero-order valence-electron chi connectivity index (χ0n) is 24.9. The second kappa shape index (κ2) is 12.9. The molecule has 2 aromatic rings. The molecule has 2 heterocycles. The molecule has 4 rings (SSSR count). The molecule has 2 aliphatic heterocycles. The maximum Gasteiger partial charge on any atom is 0.336 e. The van der Waals surface area contributed by atoms with Crippen LogP contribution in [0.5, 0.6) is 5.75 Å². The highest BCUT2D eigenvalue weighted by Gasteiger charge is 2.44. The Bertz CT molecular complexity index is 1440. The minimum absolute atomic E-state index is 0.0231. The third-order valence-corrected chi connectivity index (χ3v) is 8.56. The molecular formula is C31H37F2N3O8. The lowest BCUT2D eigenvalue weighted by Crippen LogP contribution is -2.48. The lowest BCUT2D eigenvalue weighted by Gasteiger charge is -2.41. The van der Waals surface area contributed by atoms with Crippen molar-refractivity contribution in [1.82, 2.24) is 9.80 Å². The molecule has 44 heavy (non-hydrogen) atoms. The van der Waals surface area contributed by atoms with Gasteiger partial charge in [0.2, 0.25) is 5.91 Å². The van der Waals surface area contributed by atoms with Gasteiger partial charge in [-0.25, -0.2) is 13.6 Å². The fourth-order valence-corrected chi connectivity index (χ4v) is 6.29. The topological polar surface area (TPSA) is 148 Å². The Hall–Kier alpha value is -4.10. The van der Waals surface area contributed by atoms with Crippen LogP contribution in [0.3, 0.4) is 0 Å². The van der Waals surface area contributed by atoms with Gasteiger partial charge in [0.05, 0.1) is 18.8 Å². The molecule has 1 amide bonds. The number of carbonyl (C=O) groups excluding carboxylic acids is 2. The number of hydrogen-bond donors (Lipinski definition) is 3. The van der Waals surface area contributed by atoms with E-state index in [0.29, 0.717) is 19.6 Å². The van der Waals surface area contributed by atoms with Crippen LogP contribution in [0, 0.1) is 17.6 Å². The molecule has 11 nitrogen and oxygen atoms in total. The maximum absolute atomic E-state index is 14.9. The molecule has 13 heteroatoms. The molecule has 0 radical (unpaired) electrons. The number of esters is 1. The quantitative estimate of drug-likeness (QED) is 0.253. The molecule has 1 fully saturated rings. The fraction of sp³-hybridized carbons (Fsp3) is 0.484. The molecule has 0 saturated carbocycles. The highest BCUT2D eigenvalue weighted by atomic mass is 19.1. The SMILES string of the molecule is CN(C)C(=O)C(Cc1cc(OC(=O)CC(O)(CC(=O)O)C(=O)O)ccc1F)CN1CCC2(CC1)CN(C)c1ccc(F)cc12. The summed E-state index contributed by atoms with van der Waals surface area (Å²) in [7, 11) is 5.21. The smallest absolute Gasteiger partial charge is 0.336 e. The van der Waals surface area contributed by atoms with E-state index in [1.54, 1.807) is 26.2 Å². The molecule has 3 N–H and O–H groups in total. The monoisotopic (exact) mass is 617 g/mol. The molecule has 2 atom stereocenters. The predicted octanol–water partition coefficient (Wildman–Crippen LogP) is 2.28. The van der Waals surface area contributed by atoms with Crippen LogP contribution >= 0.6 is 0 Å². The van der Waals surface area contributed by atoms with Gasteiger partial charge in [0.15, 0.2) is 5.60 Å². The Labute approximate surface area is 253 Å². The van der Waals surface area contributed by atoms with Gasteiger partial charge in [0.1, 0.15) is 17.4 Å². The van der Waals surface area contributed by atoms with Crippen LogP contribution in [0.15, 0.2) is 36.4 Å². The summed E-state index contributed by atoms with van der Waals surface area (Å²) in [5, 5.41) is 28.2. The average Bonchev–Trinajstić information content (AvgIpc) is 3.20. The molecule has 2 aromatic carbocycles. The van der Waals surface area contributed by atoms with Crippen molar-refractivity contribution in [2.24, 2.45) is 5.92 Å². The normalized spacial score (nSPS) is 17.9. The Balaban J connectivity index is 1.46.